The molecule has 104 valence electrons. The summed E-state index contributed by atoms with van der Waals surface area (Å²) in [6.45, 7) is 5.25. The van der Waals surface area contributed by atoms with E-state index < -0.39 is 0 Å². The van der Waals surface area contributed by atoms with Crippen molar-refractivity contribution < 1.29 is 9.53 Å². The zero-order valence-corrected chi connectivity index (χ0v) is 11.8. The van der Waals surface area contributed by atoms with Crippen molar-refractivity contribution in [3.63, 3.8) is 0 Å². The largest absolute Gasteiger partial charge is 0.384 e. The van der Waals surface area contributed by atoms with Crippen LogP contribution in [0, 0.1) is 6.92 Å². The molecule has 1 unspecified atom stereocenters. The van der Waals surface area contributed by atoms with Gasteiger partial charge in [-0.2, -0.15) is 0 Å². The lowest BCUT2D eigenvalue weighted by Crippen LogP contribution is -2.49. The monoisotopic (exact) mass is 263 g/mol. The molecular formula is C14H21N3O2. The van der Waals surface area contributed by atoms with Crippen LogP contribution in [0.5, 0.6) is 0 Å². The van der Waals surface area contributed by atoms with Crippen LogP contribution in [0.15, 0.2) is 12.1 Å². The summed E-state index contributed by atoms with van der Waals surface area (Å²) in [5.74, 6) is 0.384. The Balaban J connectivity index is 2.19. The van der Waals surface area contributed by atoms with Crippen molar-refractivity contribution in [1.82, 2.24) is 9.88 Å². The third-order valence-electron chi connectivity index (χ3n) is 3.66. The highest BCUT2D eigenvalue weighted by Gasteiger charge is 2.33. The van der Waals surface area contributed by atoms with Crippen molar-refractivity contribution in [3.05, 3.63) is 23.4 Å². The molecule has 1 fully saturated rings. The SMILES string of the molecule is COC1(C)CCCN(C(=O)c2cc(C)nc(N)c2)C1. The fourth-order valence-electron chi connectivity index (χ4n) is 2.55. The molecule has 0 bridgehead atoms. The number of nitrogens with zero attached hydrogens (tertiary/aromatic N) is 2. The molecular weight excluding hydrogens is 242 g/mol. The first-order chi connectivity index (χ1) is 8.93. The molecule has 1 aliphatic rings. The highest BCUT2D eigenvalue weighted by molar-refractivity contribution is 5.95. The first-order valence-electron chi connectivity index (χ1n) is 6.52. The van der Waals surface area contributed by atoms with E-state index >= 15 is 0 Å². The Morgan fingerprint density at radius 3 is 2.89 bits per heavy atom. The minimum Gasteiger partial charge on any atom is -0.384 e. The average Bonchev–Trinajstić information content (AvgIpc) is 2.37. The van der Waals surface area contributed by atoms with Crippen molar-refractivity contribution >= 4 is 11.7 Å². The fourth-order valence-corrected chi connectivity index (χ4v) is 2.55. The highest BCUT2D eigenvalue weighted by atomic mass is 16.5. The van der Waals surface area contributed by atoms with Crippen LogP contribution in [0.25, 0.3) is 0 Å². The molecule has 2 heterocycles. The summed E-state index contributed by atoms with van der Waals surface area (Å²) in [5.41, 5.74) is 6.81. The van der Waals surface area contributed by atoms with Crippen LogP contribution < -0.4 is 5.73 Å². The Morgan fingerprint density at radius 1 is 1.53 bits per heavy atom. The number of anilines is 1. The van der Waals surface area contributed by atoms with Gasteiger partial charge in [0.25, 0.3) is 5.91 Å². The third-order valence-corrected chi connectivity index (χ3v) is 3.66. The number of aryl methyl sites for hydroxylation is 1. The van der Waals surface area contributed by atoms with E-state index in [1.807, 2.05) is 18.7 Å². The quantitative estimate of drug-likeness (QED) is 0.880. The van der Waals surface area contributed by atoms with Crippen LogP contribution >= 0.6 is 0 Å². The topological polar surface area (TPSA) is 68.5 Å². The van der Waals surface area contributed by atoms with Crippen molar-refractivity contribution in [1.29, 1.82) is 0 Å². The number of amides is 1. The van der Waals surface area contributed by atoms with E-state index in [1.54, 1.807) is 19.2 Å². The average molecular weight is 263 g/mol. The Bertz CT molecular complexity index is 469. The number of aromatic nitrogens is 1. The van der Waals surface area contributed by atoms with Crippen LogP contribution in [-0.4, -0.2) is 41.6 Å². The number of hydrogen-bond donors (Lipinski definition) is 1. The molecule has 1 saturated heterocycles. The summed E-state index contributed by atoms with van der Waals surface area (Å²) in [7, 11) is 1.70. The maximum absolute atomic E-state index is 12.5. The second-order valence-electron chi connectivity index (χ2n) is 5.41. The first kappa shape index (κ1) is 13.8. The van der Waals surface area contributed by atoms with E-state index in [-0.39, 0.29) is 11.5 Å². The van der Waals surface area contributed by atoms with Gasteiger partial charge in [-0.05, 0) is 38.8 Å². The van der Waals surface area contributed by atoms with Gasteiger partial charge in [-0.3, -0.25) is 4.79 Å². The molecule has 1 aromatic rings. The molecule has 0 aliphatic carbocycles. The maximum Gasteiger partial charge on any atom is 0.254 e. The number of pyridine rings is 1. The lowest BCUT2D eigenvalue weighted by atomic mass is 9.94. The van der Waals surface area contributed by atoms with E-state index in [4.69, 9.17) is 10.5 Å². The van der Waals surface area contributed by atoms with E-state index in [9.17, 15) is 4.79 Å². The van der Waals surface area contributed by atoms with Crippen molar-refractivity contribution in [3.8, 4) is 0 Å². The Kier molecular flexibility index (Phi) is 3.75. The minimum absolute atomic E-state index is 0.000162. The summed E-state index contributed by atoms with van der Waals surface area (Å²) < 4.78 is 5.51. The Morgan fingerprint density at radius 2 is 2.26 bits per heavy atom. The van der Waals surface area contributed by atoms with Crippen LogP contribution in [0.3, 0.4) is 0 Å². The van der Waals surface area contributed by atoms with Gasteiger partial charge >= 0.3 is 0 Å². The van der Waals surface area contributed by atoms with E-state index in [1.165, 1.54) is 0 Å². The number of nitrogen functional groups attached to an aromatic ring is 1. The first-order valence-corrected chi connectivity index (χ1v) is 6.52. The van der Waals surface area contributed by atoms with Crippen molar-refractivity contribution in [2.75, 3.05) is 25.9 Å². The Labute approximate surface area is 113 Å². The van der Waals surface area contributed by atoms with Gasteiger partial charge in [0, 0.05) is 31.5 Å². The van der Waals surface area contributed by atoms with Gasteiger partial charge in [0.2, 0.25) is 0 Å². The second-order valence-corrected chi connectivity index (χ2v) is 5.41. The number of carbonyl (C=O) groups is 1. The normalized spacial score (nSPS) is 23.4. The summed E-state index contributed by atoms with van der Waals surface area (Å²) in [4.78, 5) is 18.4. The zero-order valence-electron chi connectivity index (χ0n) is 11.8. The van der Waals surface area contributed by atoms with Gasteiger partial charge in [-0.15, -0.1) is 0 Å². The number of carbonyl (C=O) groups excluding carboxylic acids is 1. The van der Waals surface area contributed by atoms with Gasteiger partial charge in [0.05, 0.1) is 5.60 Å². The number of rotatable bonds is 2. The van der Waals surface area contributed by atoms with Gasteiger partial charge in [0.15, 0.2) is 0 Å². The van der Waals surface area contributed by atoms with Gasteiger partial charge in [-0.25, -0.2) is 4.98 Å². The molecule has 0 spiro atoms. The van der Waals surface area contributed by atoms with E-state index in [0.29, 0.717) is 17.9 Å². The standard InChI is InChI=1S/C14H21N3O2/c1-10-7-11(8-12(15)16-10)13(18)17-6-4-5-14(2,9-17)19-3/h7-8H,4-6,9H2,1-3H3,(H2,15,16). The smallest absolute Gasteiger partial charge is 0.254 e. The second kappa shape index (κ2) is 5.17. The number of likely N-dealkylation sites (tertiary alicyclic amines) is 1. The lowest BCUT2D eigenvalue weighted by molar-refractivity contribution is -0.0440. The lowest BCUT2D eigenvalue weighted by Gasteiger charge is -2.39. The number of methoxy groups -OCH3 is 1. The molecule has 1 amide bonds. The summed E-state index contributed by atoms with van der Waals surface area (Å²) >= 11 is 0. The summed E-state index contributed by atoms with van der Waals surface area (Å²) in [5, 5.41) is 0. The van der Waals surface area contributed by atoms with Crippen LogP contribution in [-0.2, 0) is 4.74 Å². The zero-order chi connectivity index (χ0) is 14.0. The summed E-state index contributed by atoms with van der Waals surface area (Å²) in [6, 6.07) is 3.41. The molecule has 19 heavy (non-hydrogen) atoms. The molecule has 5 nitrogen and oxygen atoms in total. The van der Waals surface area contributed by atoms with E-state index in [2.05, 4.69) is 4.98 Å². The van der Waals surface area contributed by atoms with Gasteiger partial charge in [-0.1, -0.05) is 0 Å². The molecule has 0 radical (unpaired) electrons. The molecule has 0 saturated carbocycles. The maximum atomic E-state index is 12.5. The van der Waals surface area contributed by atoms with Crippen LogP contribution in [0.4, 0.5) is 5.82 Å². The highest BCUT2D eigenvalue weighted by Crippen LogP contribution is 2.25. The number of hydrogen-bond acceptors (Lipinski definition) is 4. The summed E-state index contributed by atoms with van der Waals surface area (Å²) in [6.07, 6.45) is 1.93. The third kappa shape index (κ3) is 3.04. The van der Waals surface area contributed by atoms with Crippen molar-refractivity contribution in [2.24, 2.45) is 0 Å². The molecule has 1 aliphatic heterocycles. The molecule has 5 heteroatoms. The molecule has 1 atom stereocenters. The minimum atomic E-state index is -0.248. The molecule has 2 N–H and O–H groups in total. The molecule has 2 rings (SSSR count). The van der Waals surface area contributed by atoms with E-state index in [0.717, 1.165) is 25.1 Å². The predicted molar refractivity (Wildman–Crippen MR) is 73.9 cm³/mol. The van der Waals surface area contributed by atoms with Gasteiger partial charge < -0.3 is 15.4 Å². The van der Waals surface area contributed by atoms with Crippen molar-refractivity contribution in [2.45, 2.75) is 32.3 Å². The Hall–Kier alpha value is -1.62. The molecule has 1 aromatic heterocycles. The van der Waals surface area contributed by atoms with Crippen LogP contribution in [0.1, 0.15) is 35.8 Å². The fraction of sp³-hybridized carbons (Fsp3) is 0.571. The number of ether oxygens (including phenoxy) is 1. The van der Waals surface area contributed by atoms with Crippen LogP contribution in [0.2, 0.25) is 0 Å². The van der Waals surface area contributed by atoms with Gasteiger partial charge in [0.1, 0.15) is 5.82 Å². The number of nitrogens with two attached hydrogens (primary N) is 1. The number of piperidine rings is 1. The predicted octanol–water partition coefficient (Wildman–Crippen LogP) is 1.61. The molecule has 0 aromatic carbocycles.